The van der Waals surface area contributed by atoms with E-state index in [2.05, 4.69) is 55.0 Å². The third kappa shape index (κ3) is 12.4. The summed E-state index contributed by atoms with van der Waals surface area (Å²) in [5.41, 5.74) is 3.83. The van der Waals surface area contributed by atoms with Gasteiger partial charge in [0.15, 0.2) is 5.82 Å². The molecule has 0 spiro atoms. The lowest BCUT2D eigenvalue weighted by molar-refractivity contribution is 0.472. The minimum atomic E-state index is 0.850. The molecule has 1 aromatic heterocycles. The summed E-state index contributed by atoms with van der Waals surface area (Å²) < 4.78 is 0. The fourth-order valence-corrected chi connectivity index (χ4v) is 4.47. The molecule has 0 radical (unpaired) electrons. The van der Waals surface area contributed by atoms with Crippen LogP contribution in [0.5, 0.6) is 0 Å². The molecule has 1 unspecified atom stereocenters. The number of hydrogen-bond donors (Lipinski definition) is 0. The molecule has 2 aromatic rings. The molecule has 2 rings (SSSR count). The lowest BCUT2D eigenvalue weighted by Crippen LogP contribution is -1.94. The Kier molecular flexibility index (Phi) is 14.8. The van der Waals surface area contributed by atoms with Crippen LogP contribution in [-0.2, 0) is 12.8 Å². The average molecular weight is 451 g/mol. The Labute approximate surface area is 205 Å². The van der Waals surface area contributed by atoms with Gasteiger partial charge in [-0.2, -0.15) is 0 Å². The van der Waals surface area contributed by atoms with Gasteiger partial charge in [-0.1, -0.05) is 129 Å². The van der Waals surface area contributed by atoms with E-state index in [0.717, 1.165) is 23.7 Å². The van der Waals surface area contributed by atoms with Crippen molar-refractivity contribution >= 4 is 0 Å². The maximum atomic E-state index is 4.64. The Morgan fingerprint density at radius 2 is 1.12 bits per heavy atom. The third-order valence-electron chi connectivity index (χ3n) is 7.10. The molecule has 0 aliphatic rings. The van der Waals surface area contributed by atoms with Crippen LogP contribution in [0.1, 0.15) is 128 Å². The molecular formula is C31H50N2. The van der Waals surface area contributed by atoms with E-state index in [1.807, 2.05) is 12.4 Å². The molecule has 33 heavy (non-hydrogen) atoms. The SMILES string of the molecule is CCCCCCCCCCc1cnc(-c2ccc(CCCCCCCC(C)CC)cc2)nc1. The van der Waals surface area contributed by atoms with E-state index in [0.29, 0.717) is 0 Å². The first-order chi connectivity index (χ1) is 16.2. The molecule has 2 heteroatoms. The maximum absolute atomic E-state index is 4.64. The predicted molar refractivity (Wildman–Crippen MR) is 145 cm³/mol. The fourth-order valence-electron chi connectivity index (χ4n) is 4.47. The third-order valence-corrected chi connectivity index (χ3v) is 7.10. The van der Waals surface area contributed by atoms with E-state index in [-0.39, 0.29) is 0 Å². The van der Waals surface area contributed by atoms with Crippen molar-refractivity contribution in [2.75, 3.05) is 0 Å². The van der Waals surface area contributed by atoms with E-state index in [4.69, 9.17) is 0 Å². The highest BCUT2D eigenvalue weighted by atomic mass is 14.9. The van der Waals surface area contributed by atoms with E-state index < -0.39 is 0 Å². The van der Waals surface area contributed by atoms with Crippen LogP contribution in [0.15, 0.2) is 36.7 Å². The zero-order chi connectivity index (χ0) is 23.6. The molecule has 1 aromatic carbocycles. The lowest BCUT2D eigenvalue weighted by Gasteiger charge is -2.07. The summed E-state index contributed by atoms with van der Waals surface area (Å²) in [7, 11) is 0. The first kappa shape index (κ1) is 27.5. The van der Waals surface area contributed by atoms with Gasteiger partial charge in [0.1, 0.15) is 0 Å². The van der Waals surface area contributed by atoms with Crippen molar-refractivity contribution < 1.29 is 0 Å². The van der Waals surface area contributed by atoms with Gasteiger partial charge >= 0.3 is 0 Å². The number of hydrogen-bond acceptors (Lipinski definition) is 2. The number of aryl methyl sites for hydroxylation is 2. The van der Waals surface area contributed by atoms with Gasteiger partial charge in [-0.25, -0.2) is 9.97 Å². The molecule has 0 fully saturated rings. The number of benzene rings is 1. The Bertz CT molecular complexity index is 705. The first-order valence-electron chi connectivity index (χ1n) is 14.1. The van der Waals surface area contributed by atoms with Crippen molar-refractivity contribution in [1.29, 1.82) is 0 Å². The highest BCUT2D eigenvalue weighted by Gasteiger charge is 2.03. The predicted octanol–water partition coefficient (Wildman–Crippen LogP) is 9.76. The van der Waals surface area contributed by atoms with E-state index in [1.165, 1.54) is 114 Å². The molecule has 0 saturated carbocycles. The second kappa shape index (κ2) is 17.7. The van der Waals surface area contributed by atoms with Crippen LogP contribution >= 0.6 is 0 Å². The minimum Gasteiger partial charge on any atom is -0.236 e. The monoisotopic (exact) mass is 450 g/mol. The van der Waals surface area contributed by atoms with Crippen molar-refractivity contribution in [2.24, 2.45) is 5.92 Å². The molecule has 0 aliphatic carbocycles. The summed E-state index contributed by atoms with van der Waals surface area (Å²) in [5, 5.41) is 0. The molecule has 2 nitrogen and oxygen atoms in total. The van der Waals surface area contributed by atoms with Crippen LogP contribution in [0.2, 0.25) is 0 Å². The second-order valence-corrected chi connectivity index (χ2v) is 10.2. The quantitative estimate of drug-likeness (QED) is 0.199. The van der Waals surface area contributed by atoms with Gasteiger partial charge in [0.2, 0.25) is 0 Å². The molecule has 1 atom stereocenters. The Morgan fingerprint density at radius 1 is 0.606 bits per heavy atom. The van der Waals surface area contributed by atoms with Crippen molar-refractivity contribution in [1.82, 2.24) is 9.97 Å². The van der Waals surface area contributed by atoms with Crippen LogP contribution in [0, 0.1) is 5.92 Å². The normalized spacial score (nSPS) is 12.2. The van der Waals surface area contributed by atoms with Gasteiger partial charge in [0.25, 0.3) is 0 Å². The van der Waals surface area contributed by atoms with Gasteiger partial charge in [0, 0.05) is 18.0 Å². The van der Waals surface area contributed by atoms with Gasteiger partial charge in [-0.05, 0) is 42.7 Å². The zero-order valence-electron chi connectivity index (χ0n) is 22.0. The summed E-state index contributed by atoms with van der Waals surface area (Å²) in [5.74, 6) is 1.75. The van der Waals surface area contributed by atoms with E-state index in [9.17, 15) is 0 Å². The van der Waals surface area contributed by atoms with Crippen molar-refractivity contribution in [3.05, 3.63) is 47.8 Å². The van der Waals surface area contributed by atoms with Gasteiger partial charge in [0.05, 0.1) is 0 Å². The summed E-state index contributed by atoms with van der Waals surface area (Å²) in [6.45, 7) is 6.96. The smallest absolute Gasteiger partial charge is 0.159 e. The summed E-state index contributed by atoms with van der Waals surface area (Å²) >= 11 is 0. The van der Waals surface area contributed by atoms with Crippen LogP contribution in [-0.4, -0.2) is 9.97 Å². The number of nitrogens with zero attached hydrogens (tertiary/aromatic N) is 2. The van der Waals surface area contributed by atoms with Crippen LogP contribution in [0.3, 0.4) is 0 Å². The number of rotatable bonds is 19. The summed E-state index contributed by atoms with van der Waals surface area (Å²) in [6.07, 6.45) is 26.8. The highest BCUT2D eigenvalue weighted by molar-refractivity contribution is 5.55. The zero-order valence-corrected chi connectivity index (χ0v) is 22.0. The molecule has 0 aliphatic heterocycles. The number of unbranched alkanes of at least 4 members (excludes halogenated alkanes) is 11. The average Bonchev–Trinajstić information content (AvgIpc) is 2.85. The number of aromatic nitrogens is 2. The highest BCUT2D eigenvalue weighted by Crippen LogP contribution is 2.19. The van der Waals surface area contributed by atoms with Crippen LogP contribution in [0.25, 0.3) is 11.4 Å². The molecular weight excluding hydrogens is 400 g/mol. The largest absolute Gasteiger partial charge is 0.236 e. The lowest BCUT2D eigenvalue weighted by atomic mass is 9.99. The minimum absolute atomic E-state index is 0.850. The Balaban J connectivity index is 1.60. The van der Waals surface area contributed by atoms with Crippen molar-refractivity contribution in [3.63, 3.8) is 0 Å². The van der Waals surface area contributed by atoms with Crippen molar-refractivity contribution in [2.45, 2.75) is 130 Å². The fraction of sp³-hybridized carbons (Fsp3) is 0.677. The van der Waals surface area contributed by atoms with Crippen molar-refractivity contribution in [3.8, 4) is 11.4 Å². The molecule has 0 N–H and O–H groups in total. The van der Waals surface area contributed by atoms with Gasteiger partial charge in [-0.15, -0.1) is 0 Å². The molecule has 1 heterocycles. The maximum Gasteiger partial charge on any atom is 0.159 e. The Hall–Kier alpha value is -1.70. The molecule has 0 saturated heterocycles. The molecule has 0 amide bonds. The summed E-state index contributed by atoms with van der Waals surface area (Å²) in [6, 6.07) is 8.90. The van der Waals surface area contributed by atoms with Crippen LogP contribution < -0.4 is 0 Å². The molecule has 0 bridgehead atoms. The second-order valence-electron chi connectivity index (χ2n) is 10.2. The topological polar surface area (TPSA) is 25.8 Å². The van der Waals surface area contributed by atoms with Crippen LogP contribution in [0.4, 0.5) is 0 Å². The van der Waals surface area contributed by atoms with E-state index in [1.54, 1.807) is 0 Å². The summed E-state index contributed by atoms with van der Waals surface area (Å²) in [4.78, 5) is 9.28. The standard InChI is InChI=1S/C31H50N2/c1-4-6-7-8-9-10-13-17-20-29-25-32-31(33-26-29)30-23-21-28(22-24-30)19-16-14-11-12-15-18-27(3)5-2/h21-27H,4-20H2,1-3H3. The Morgan fingerprint density at radius 3 is 1.70 bits per heavy atom. The first-order valence-corrected chi connectivity index (χ1v) is 14.1. The molecule has 184 valence electrons. The van der Waals surface area contributed by atoms with Gasteiger partial charge < -0.3 is 0 Å². The van der Waals surface area contributed by atoms with E-state index >= 15 is 0 Å². The van der Waals surface area contributed by atoms with Gasteiger partial charge in [-0.3, -0.25) is 0 Å².